The van der Waals surface area contributed by atoms with Crippen LogP contribution < -0.4 is 15.8 Å². The predicted molar refractivity (Wildman–Crippen MR) is 126 cm³/mol. The monoisotopic (exact) mass is 536 g/mol. The number of amides is 1. The third kappa shape index (κ3) is 4.55. The Morgan fingerprint density at radius 3 is 2.53 bits per heavy atom. The van der Waals surface area contributed by atoms with E-state index in [9.17, 15) is 26.7 Å². The number of hydrazine groups is 1. The van der Waals surface area contributed by atoms with Gasteiger partial charge in [0.2, 0.25) is 11.8 Å². The van der Waals surface area contributed by atoms with Gasteiger partial charge in [0.15, 0.2) is 5.82 Å². The highest BCUT2D eigenvalue weighted by Crippen LogP contribution is 2.44. The second-order valence-electron chi connectivity index (χ2n) is 10.1. The summed E-state index contributed by atoms with van der Waals surface area (Å²) in [5, 5.41) is 0. The molecule has 0 spiro atoms. The van der Waals surface area contributed by atoms with Gasteiger partial charge in [-0.25, -0.2) is 23.7 Å². The van der Waals surface area contributed by atoms with E-state index in [0.29, 0.717) is 49.9 Å². The fourth-order valence-electron chi connectivity index (χ4n) is 5.48. The van der Waals surface area contributed by atoms with Crippen LogP contribution in [0.1, 0.15) is 18.4 Å². The Hall–Kier alpha value is -3.39. The van der Waals surface area contributed by atoms with Crippen LogP contribution >= 0.6 is 0 Å². The maximum absolute atomic E-state index is 13.5. The van der Waals surface area contributed by atoms with Crippen molar-refractivity contribution < 1.29 is 26.7 Å². The van der Waals surface area contributed by atoms with Crippen LogP contribution in [0.5, 0.6) is 0 Å². The number of imidazole rings is 1. The minimum Gasteiger partial charge on any atom is -0.353 e. The van der Waals surface area contributed by atoms with E-state index in [0.717, 1.165) is 12.3 Å². The number of halogens is 5. The third-order valence-electron chi connectivity index (χ3n) is 7.57. The summed E-state index contributed by atoms with van der Waals surface area (Å²) in [6.07, 6.45) is -1.40. The molecule has 0 aromatic carbocycles. The SMILES string of the molecule is O=C(C1CC(F)(F)C1)N1CCN(c2ccnc(-c3cnc4ccc(C(F)(F)F)cn34)n2)CC1C1CNNC1. The van der Waals surface area contributed by atoms with Gasteiger partial charge >= 0.3 is 6.18 Å². The molecule has 2 saturated heterocycles. The molecule has 9 nitrogen and oxygen atoms in total. The zero-order valence-corrected chi connectivity index (χ0v) is 20.1. The van der Waals surface area contributed by atoms with Crippen LogP contribution in [0.4, 0.5) is 27.8 Å². The van der Waals surface area contributed by atoms with Crippen LogP contribution in [0.2, 0.25) is 0 Å². The average Bonchev–Trinajstić information content (AvgIpc) is 3.56. The van der Waals surface area contributed by atoms with E-state index >= 15 is 0 Å². The molecule has 1 saturated carbocycles. The van der Waals surface area contributed by atoms with Crippen molar-refractivity contribution in [1.29, 1.82) is 0 Å². The van der Waals surface area contributed by atoms with Crippen LogP contribution in [0, 0.1) is 11.8 Å². The number of aromatic nitrogens is 4. The predicted octanol–water partition coefficient (Wildman–Crippen LogP) is 2.60. The molecule has 5 heterocycles. The first-order chi connectivity index (χ1) is 18.1. The summed E-state index contributed by atoms with van der Waals surface area (Å²) < 4.78 is 68.1. The van der Waals surface area contributed by atoms with Gasteiger partial charge < -0.3 is 9.80 Å². The molecule has 1 amide bonds. The highest BCUT2D eigenvalue weighted by atomic mass is 19.4. The topological polar surface area (TPSA) is 90.7 Å². The van der Waals surface area contributed by atoms with Gasteiger partial charge in [-0.15, -0.1) is 0 Å². The average molecular weight is 537 g/mol. The fraction of sp³-hybridized carbons (Fsp3) is 0.500. The zero-order valence-electron chi connectivity index (χ0n) is 20.1. The van der Waals surface area contributed by atoms with Gasteiger partial charge in [0.05, 0.1) is 17.8 Å². The van der Waals surface area contributed by atoms with E-state index in [1.165, 1.54) is 22.9 Å². The molecule has 1 aliphatic carbocycles. The van der Waals surface area contributed by atoms with E-state index in [2.05, 4.69) is 25.8 Å². The molecule has 38 heavy (non-hydrogen) atoms. The molecule has 202 valence electrons. The highest BCUT2D eigenvalue weighted by molar-refractivity contribution is 5.81. The van der Waals surface area contributed by atoms with E-state index in [-0.39, 0.29) is 23.7 Å². The Kier molecular flexibility index (Phi) is 5.98. The largest absolute Gasteiger partial charge is 0.417 e. The zero-order chi connectivity index (χ0) is 26.7. The summed E-state index contributed by atoms with van der Waals surface area (Å²) in [4.78, 5) is 30.0. The minimum absolute atomic E-state index is 0.0724. The molecule has 0 radical (unpaired) electrons. The van der Waals surface area contributed by atoms with Crippen LogP contribution in [0.15, 0.2) is 36.8 Å². The molecule has 14 heteroatoms. The smallest absolute Gasteiger partial charge is 0.353 e. The number of alkyl halides is 5. The first kappa shape index (κ1) is 24.9. The lowest BCUT2D eigenvalue weighted by Crippen LogP contribution is -2.61. The highest BCUT2D eigenvalue weighted by Gasteiger charge is 2.51. The van der Waals surface area contributed by atoms with Gasteiger partial charge in [0.1, 0.15) is 17.2 Å². The number of hydrogen-bond acceptors (Lipinski definition) is 7. The van der Waals surface area contributed by atoms with Gasteiger partial charge in [0.25, 0.3) is 0 Å². The number of hydrogen-bond donors (Lipinski definition) is 2. The number of nitrogens with one attached hydrogen (secondary N) is 2. The molecule has 2 aliphatic heterocycles. The normalized spacial score (nSPS) is 22.7. The van der Waals surface area contributed by atoms with Crippen LogP contribution in [0.3, 0.4) is 0 Å². The first-order valence-electron chi connectivity index (χ1n) is 12.4. The molecule has 6 rings (SSSR count). The summed E-state index contributed by atoms with van der Waals surface area (Å²) in [5.41, 5.74) is 5.97. The summed E-state index contributed by atoms with van der Waals surface area (Å²) in [7, 11) is 0. The molecule has 2 N–H and O–H groups in total. The van der Waals surface area contributed by atoms with Crippen molar-refractivity contribution in [3.05, 3.63) is 42.4 Å². The third-order valence-corrected chi connectivity index (χ3v) is 7.57. The number of carbonyl (C=O) groups excluding carboxylic acids is 1. The maximum atomic E-state index is 13.5. The lowest BCUT2D eigenvalue weighted by Gasteiger charge is -2.47. The Balaban J connectivity index is 1.26. The van der Waals surface area contributed by atoms with Crippen molar-refractivity contribution in [2.24, 2.45) is 11.8 Å². The van der Waals surface area contributed by atoms with Crippen molar-refractivity contribution >= 4 is 17.4 Å². The second-order valence-corrected chi connectivity index (χ2v) is 10.1. The summed E-state index contributed by atoms with van der Waals surface area (Å²) in [5.74, 6) is -2.83. The minimum atomic E-state index is -4.51. The number of pyridine rings is 1. The van der Waals surface area contributed by atoms with Crippen LogP contribution in [0.25, 0.3) is 17.2 Å². The molecule has 0 bridgehead atoms. The molecule has 1 unspecified atom stereocenters. The lowest BCUT2D eigenvalue weighted by molar-refractivity contribution is -0.163. The summed E-state index contributed by atoms with van der Waals surface area (Å²) in [6.45, 7) is 2.47. The number of carbonyl (C=O) groups is 1. The Morgan fingerprint density at radius 2 is 1.82 bits per heavy atom. The van der Waals surface area contributed by atoms with Crippen molar-refractivity contribution in [3.63, 3.8) is 0 Å². The molecule has 1 atom stereocenters. The molecule has 3 aliphatic rings. The quantitative estimate of drug-likeness (QED) is 0.496. The molecule has 3 aromatic rings. The van der Waals surface area contributed by atoms with E-state index in [1.54, 1.807) is 11.0 Å². The van der Waals surface area contributed by atoms with Gasteiger partial charge in [-0.3, -0.25) is 20.0 Å². The number of nitrogens with zero attached hydrogens (tertiary/aromatic N) is 6. The van der Waals surface area contributed by atoms with E-state index in [1.807, 2.05) is 4.90 Å². The van der Waals surface area contributed by atoms with Crippen LogP contribution in [-0.4, -0.2) is 74.8 Å². The first-order valence-corrected chi connectivity index (χ1v) is 12.4. The number of rotatable bonds is 4. The maximum Gasteiger partial charge on any atom is 0.417 e. The van der Waals surface area contributed by atoms with Gasteiger partial charge in [-0.1, -0.05) is 0 Å². The van der Waals surface area contributed by atoms with Crippen molar-refractivity contribution in [3.8, 4) is 11.5 Å². The van der Waals surface area contributed by atoms with Gasteiger partial charge in [0, 0.05) is 69.8 Å². The van der Waals surface area contributed by atoms with Gasteiger partial charge in [-0.2, -0.15) is 13.2 Å². The Labute approximate surface area is 214 Å². The van der Waals surface area contributed by atoms with Gasteiger partial charge in [-0.05, 0) is 18.2 Å². The fourth-order valence-corrected chi connectivity index (χ4v) is 5.48. The van der Waals surface area contributed by atoms with Crippen molar-refractivity contribution in [1.82, 2.24) is 35.1 Å². The second kappa shape index (κ2) is 9.12. The van der Waals surface area contributed by atoms with Crippen LogP contribution in [-0.2, 0) is 11.0 Å². The summed E-state index contributed by atoms with van der Waals surface area (Å²) in [6, 6.07) is 3.75. The Bertz CT molecular complexity index is 1350. The molecular weight excluding hydrogens is 511 g/mol. The molecular formula is C24H25F5N8O. The number of anilines is 1. The Morgan fingerprint density at radius 1 is 1.05 bits per heavy atom. The number of fused-ring (bicyclic) bond motifs is 1. The molecule has 3 fully saturated rings. The molecule has 3 aromatic heterocycles. The lowest BCUT2D eigenvalue weighted by atomic mass is 9.79. The summed E-state index contributed by atoms with van der Waals surface area (Å²) >= 11 is 0. The van der Waals surface area contributed by atoms with Crippen molar-refractivity contribution in [2.75, 3.05) is 37.6 Å². The van der Waals surface area contributed by atoms with E-state index in [4.69, 9.17) is 0 Å². The number of piperazine rings is 1. The van der Waals surface area contributed by atoms with Crippen molar-refractivity contribution in [2.45, 2.75) is 31.0 Å². The standard InChI is InChI=1S/C24H25F5N8O/c25-23(26)7-14(8-23)22(38)36-6-5-35(13-18(36)15-9-32-33-10-15)20-3-4-30-21(34-20)17-11-31-19-2-1-16(12-37(17)19)24(27,28)29/h1-4,11-12,14-15,18,32-33H,5-10,13H2. The van der Waals surface area contributed by atoms with E-state index < -0.39 is 36.4 Å².